The Hall–Kier alpha value is -1.03. The zero-order chi connectivity index (χ0) is 14.4. The first-order valence-corrected chi connectivity index (χ1v) is 7.96. The van der Waals surface area contributed by atoms with Gasteiger partial charge in [-0.05, 0) is 36.8 Å². The van der Waals surface area contributed by atoms with Crippen molar-refractivity contribution in [3.63, 3.8) is 0 Å². The minimum absolute atomic E-state index is 0.624. The van der Waals surface area contributed by atoms with Crippen molar-refractivity contribution >= 4 is 40.7 Å². The molecule has 2 aromatic carbocycles. The van der Waals surface area contributed by atoms with Crippen LogP contribution < -0.4 is 10.5 Å². The van der Waals surface area contributed by atoms with E-state index in [1.54, 1.807) is 17.8 Å². The van der Waals surface area contributed by atoms with Gasteiger partial charge in [0.05, 0.1) is 17.3 Å². The molecule has 0 saturated carbocycles. The molecule has 20 heavy (non-hydrogen) atoms. The second-order valence-corrected chi connectivity index (χ2v) is 6.14. The number of nitrogens with two attached hydrogens (primary N) is 1. The molecule has 2 aromatic rings. The Morgan fingerprint density at radius 3 is 2.70 bits per heavy atom. The second kappa shape index (κ2) is 7.67. The maximum Gasteiger partial charge on any atom is 0.142 e. The fraction of sp³-hybridized carbons (Fsp3) is 0.200. The molecule has 0 aliphatic carbocycles. The Labute approximate surface area is 133 Å². The molecule has 0 bridgehead atoms. The van der Waals surface area contributed by atoms with Crippen molar-refractivity contribution in [2.24, 2.45) is 0 Å². The lowest BCUT2D eigenvalue weighted by molar-refractivity contribution is 0.320. The van der Waals surface area contributed by atoms with E-state index in [0.717, 1.165) is 27.8 Å². The van der Waals surface area contributed by atoms with Crippen LogP contribution in [0.3, 0.4) is 0 Å². The molecule has 2 N–H and O–H groups in total. The minimum Gasteiger partial charge on any atom is -0.491 e. The van der Waals surface area contributed by atoms with Gasteiger partial charge in [-0.3, -0.25) is 0 Å². The average molecular weight is 328 g/mol. The Morgan fingerprint density at radius 2 is 1.90 bits per heavy atom. The molecular formula is C15H15Cl2NOS. The normalized spacial score (nSPS) is 10.5. The van der Waals surface area contributed by atoms with Crippen molar-refractivity contribution in [3.8, 4) is 5.75 Å². The van der Waals surface area contributed by atoms with Gasteiger partial charge >= 0.3 is 0 Å². The standard InChI is InChI=1S/C15H15Cl2NOS/c16-11-6-7-12(17)15(10-11)20-9-3-8-19-14-5-2-1-4-13(14)18/h1-2,4-7,10H,3,8-9,18H2. The third-order valence-electron chi connectivity index (χ3n) is 2.62. The Balaban J connectivity index is 1.74. The molecular weight excluding hydrogens is 313 g/mol. The summed E-state index contributed by atoms with van der Waals surface area (Å²) in [6.45, 7) is 0.624. The maximum absolute atomic E-state index is 6.10. The second-order valence-electron chi connectivity index (χ2n) is 4.16. The van der Waals surface area contributed by atoms with E-state index in [1.165, 1.54) is 0 Å². The number of nitrogen functional groups attached to an aromatic ring is 1. The van der Waals surface area contributed by atoms with Crippen LogP contribution in [0.5, 0.6) is 5.75 Å². The summed E-state index contributed by atoms with van der Waals surface area (Å²) in [7, 11) is 0. The number of hydrogen-bond acceptors (Lipinski definition) is 3. The van der Waals surface area contributed by atoms with Crippen LogP contribution >= 0.6 is 35.0 Å². The lowest BCUT2D eigenvalue weighted by Crippen LogP contribution is -2.01. The predicted molar refractivity (Wildman–Crippen MR) is 88.2 cm³/mol. The molecule has 0 amide bonds. The molecule has 2 nitrogen and oxygen atoms in total. The first-order chi connectivity index (χ1) is 9.66. The molecule has 5 heteroatoms. The number of halogens is 2. The van der Waals surface area contributed by atoms with Gasteiger partial charge in [-0.2, -0.15) is 0 Å². The topological polar surface area (TPSA) is 35.2 Å². The van der Waals surface area contributed by atoms with E-state index in [1.807, 2.05) is 36.4 Å². The van der Waals surface area contributed by atoms with Crippen LogP contribution in [0.15, 0.2) is 47.4 Å². The third-order valence-corrected chi connectivity index (χ3v) is 4.43. The smallest absolute Gasteiger partial charge is 0.142 e. The molecule has 0 atom stereocenters. The van der Waals surface area contributed by atoms with E-state index < -0.39 is 0 Å². The zero-order valence-corrected chi connectivity index (χ0v) is 13.1. The molecule has 2 rings (SSSR count). The van der Waals surface area contributed by atoms with Crippen LogP contribution in [0.2, 0.25) is 10.0 Å². The summed E-state index contributed by atoms with van der Waals surface area (Å²) in [6.07, 6.45) is 0.905. The summed E-state index contributed by atoms with van der Waals surface area (Å²) in [5.41, 5.74) is 6.47. The molecule has 0 aliphatic heterocycles. The number of ether oxygens (including phenoxy) is 1. The highest BCUT2D eigenvalue weighted by molar-refractivity contribution is 7.99. The lowest BCUT2D eigenvalue weighted by Gasteiger charge is -2.08. The number of anilines is 1. The lowest BCUT2D eigenvalue weighted by atomic mass is 10.3. The molecule has 0 spiro atoms. The summed E-state index contributed by atoms with van der Waals surface area (Å²) in [5, 5.41) is 1.43. The Morgan fingerprint density at radius 1 is 1.10 bits per heavy atom. The molecule has 0 aliphatic rings. The molecule has 0 fully saturated rings. The van der Waals surface area contributed by atoms with Crippen LogP contribution in [-0.2, 0) is 0 Å². The Bertz CT molecular complexity index is 578. The maximum atomic E-state index is 6.10. The fourth-order valence-electron chi connectivity index (χ4n) is 1.62. The van der Waals surface area contributed by atoms with E-state index in [0.29, 0.717) is 17.3 Å². The van der Waals surface area contributed by atoms with Gasteiger partial charge in [0, 0.05) is 15.7 Å². The van der Waals surface area contributed by atoms with Crippen LogP contribution in [0.1, 0.15) is 6.42 Å². The monoisotopic (exact) mass is 327 g/mol. The van der Waals surface area contributed by atoms with Gasteiger partial charge in [-0.1, -0.05) is 35.3 Å². The van der Waals surface area contributed by atoms with Crippen LogP contribution in [0.4, 0.5) is 5.69 Å². The van der Waals surface area contributed by atoms with E-state index in [4.69, 9.17) is 33.7 Å². The number of benzene rings is 2. The van der Waals surface area contributed by atoms with Crippen molar-refractivity contribution in [3.05, 3.63) is 52.5 Å². The van der Waals surface area contributed by atoms with Gasteiger partial charge in [0.25, 0.3) is 0 Å². The highest BCUT2D eigenvalue weighted by Gasteiger charge is 2.03. The van der Waals surface area contributed by atoms with E-state index in [-0.39, 0.29) is 0 Å². The number of para-hydroxylation sites is 2. The van der Waals surface area contributed by atoms with Gasteiger partial charge in [-0.15, -0.1) is 11.8 Å². The molecule has 0 radical (unpaired) electrons. The van der Waals surface area contributed by atoms with Crippen molar-refractivity contribution in [1.82, 2.24) is 0 Å². The quantitative estimate of drug-likeness (QED) is 0.453. The summed E-state index contributed by atoms with van der Waals surface area (Å²) >= 11 is 13.7. The SMILES string of the molecule is Nc1ccccc1OCCCSc1cc(Cl)ccc1Cl. The van der Waals surface area contributed by atoms with Crippen LogP contribution in [0.25, 0.3) is 0 Å². The van der Waals surface area contributed by atoms with Crippen molar-refractivity contribution in [2.45, 2.75) is 11.3 Å². The van der Waals surface area contributed by atoms with E-state index in [9.17, 15) is 0 Å². The van der Waals surface area contributed by atoms with Gasteiger partial charge in [0.2, 0.25) is 0 Å². The first-order valence-electron chi connectivity index (χ1n) is 6.22. The number of rotatable bonds is 6. The molecule has 0 unspecified atom stereocenters. The van der Waals surface area contributed by atoms with Gasteiger partial charge < -0.3 is 10.5 Å². The van der Waals surface area contributed by atoms with Gasteiger partial charge in [0.15, 0.2) is 0 Å². The van der Waals surface area contributed by atoms with Crippen molar-refractivity contribution < 1.29 is 4.74 Å². The molecule has 106 valence electrons. The highest BCUT2D eigenvalue weighted by atomic mass is 35.5. The summed E-state index contributed by atoms with van der Waals surface area (Å²) in [6, 6.07) is 13.0. The minimum atomic E-state index is 0.624. The van der Waals surface area contributed by atoms with Gasteiger partial charge in [0.1, 0.15) is 5.75 Å². The van der Waals surface area contributed by atoms with E-state index >= 15 is 0 Å². The predicted octanol–water partition coefficient (Wildman–Crippen LogP) is 5.14. The molecule has 0 heterocycles. The van der Waals surface area contributed by atoms with Crippen LogP contribution in [-0.4, -0.2) is 12.4 Å². The van der Waals surface area contributed by atoms with Crippen molar-refractivity contribution in [2.75, 3.05) is 18.1 Å². The molecule has 0 saturated heterocycles. The summed E-state index contributed by atoms with van der Waals surface area (Å²) in [4.78, 5) is 0.999. The van der Waals surface area contributed by atoms with Crippen LogP contribution in [0, 0.1) is 0 Å². The van der Waals surface area contributed by atoms with Gasteiger partial charge in [-0.25, -0.2) is 0 Å². The summed E-state index contributed by atoms with van der Waals surface area (Å²) in [5.74, 6) is 1.64. The van der Waals surface area contributed by atoms with E-state index in [2.05, 4.69) is 0 Å². The summed E-state index contributed by atoms with van der Waals surface area (Å²) < 4.78 is 5.63. The molecule has 0 aromatic heterocycles. The third kappa shape index (κ3) is 4.51. The largest absolute Gasteiger partial charge is 0.491 e. The first kappa shape index (κ1) is 15.4. The average Bonchev–Trinajstić information content (AvgIpc) is 2.44. The fourth-order valence-corrected chi connectivity index (χ4v) is 3.04. The number of hydrogen-bond donors (Lipinski definition) is 1. The Kier molecular flexibility index (Phi) is 5.89. The number of thioether (sulfide) groups is 1. The highest BCUT2D eigenvalue weighted by Crippen LogP contribution is 2.30. The van der Waals surface area contributed by atoms with Crippen molar-refractivity contribution in [1.29, 1.82) is 0 Å². The zero-order valence-electron chi connectivity index (χ0n) is 10.8.